The first-order chi connectivity index (χ1) is 7.15. The number of nitrogens with two attached hydrogens (primary N) is 1. The van der Waals surface area contributed by atoms with Crippen molar-refractivity contribution < 1.29 is 4.79 Å². The van der Waals surface area contributed by atoms with Crippen LogP contribution in [0.4, 0.5) is 5.69 Å². The molecule has 2 N–H and O–H groups in total. The first-order valence-electron chi connectivity index (χ1n) is 4.75. The lowest BCUT2D eigenvalue weighted by atomic mass is 10.1. The summed E-state index contributed by atoms with van der Waals surface area (Å²) in [4.78, 5) is 11.7. The molecule has 82 valence electrons. The van der Waals surface area contributed by atoms with Crippen LogP contribution in [-0.2, 0) is 0 Å². The van der Waals surface area contributed by atoms with Crippen LogP contribution in [0, 0.1) is 0 Å². The van der Waals surface area contributed by atoms with Crippen LogP contribution in [0.1, 0.15) is 23.2 Å². The molecule has 0 aliphatic heterocycles. The van der Waals surface area contributed by atoms with E-state index in [4.69, 9.17) is 17.3 Å². The summed E-state index contributed by atoms with van der Waals surface area (Å²) in [5, 5.41) is 0. The van der Waals surface area contributed by atoms with Crippen molar-refractivity contribution in [2.45, 2.75) is 17.7 Å². The highest BCUT2D eigenvalue weighted by atomic mass is 79.9. The van der Waals surface area contributed by atoms with Crippen LogP contribution in [0.15, 0.2) is 24.3 Å². The van der Waals surface area contributed by atoms with Gasteiger partial charge in [0.15, 0.2) is 5.78 Å². The lowest BCUT2D eigenvalue weighted by Crippen LogP contribution is -2.14. The van der Waals surface area contributed by atoms with Gasteiger partial charge in [0.25, 0.3) is 0 Å². The summed E-state index contributed by atoms with van der Waals surface area (Å²) in [6, 6.07) is 6.95. The largest absolute Gasteiger partial charge is 0.399 e. The second-order valence-electron chi connectivity index (χ2n) is 3.29. The molecule has 0 aliphatic carbocycles. The van der Waals surface area contributed by atoms with Crippen LogP contribution >= 0.6 is 27.5 Å². The third-order valence-electron chi connectivity index (χ3n) is 2.07. The molecule has 1 aromatic rings. The van der Waals surface area contributed by atoms with Gasteiger partial charge in [-0.25, -0.2) is 0 Å². The van der Waals surface area contributed by atoms with E-state index in [2.05, 4.69) is 15.9 Å². The zero-order chi connectivity index (χ0) is 11.3. The molecule has 0 saturated heterocycles. The van der Waals surface area contributed by atoms with Crippen molar-refractivity contribution in [2.24, 2.45) is 0 Å². The van der Waals surface area contributed by atoms with Crippen molar-refractivity contribution in [3.8, 4) is 0 Å². The predicted molar refractivity (Wildman–Crippen MR) is 67.9 cm³/mol. The summed E-state index contributed by atoms with van der Waals surface area (Å²) in [5.41, 5.74) is 6.89. The van der Waals surface area contributed by atoms with Crippen molar-refractivity contribution in [1.82, 2.24) is 0 Å². The average molecular weight is 291 g/mol. The van der Waals surface area contributed by atoms with Crippen LogP contribution in [0.5, 0.6) is 0 Å². The number of rotatable bonds is 5. The molecule has 15 heavy (non-hydrogen) atoms. The minimum Gasteiger partial charge on any atom is -0.399 e. The number of nitrogen functional groups attached to an aromatic ring is 1. The number of ketones is 1. The molecule has 2 nitrogen and oxygen atoms in total. The van der Waals surface area contributed by atoms with Crippen LogP contribution in [-0.4, -0.2) is 16.5 Å². The van der Waals surface area contributed by atoms with E-state index in [0.29, 0.717) is 17.1 Å². The third kappa shape index (κ3) is 3.84. The second-order valence-corrected chi connectivity index (χ2v) is 4.77. The minimum absolute atomic E-state index is 0.0834. The molecule has 0 heterocycles. The molecule has 0 saturated carbocycles. The van der Waals surface area contributed by atoms with Gasteiger partial charge in [0.1, 0.15) is 0 Å². The summed E-state index contributed by atoms with van der Waals surface area (Å²) in [6.07, 6.45) is 1.59. The number of hydrogen-bond acceptors (Lipinski definition) is 2. The number of hydrogen-bond donors (Lipinski definition) is 1. The summed E-state index contributed by atoms with van der Waals surface area (Å²) in [6.45, 7) is 0. The van der Waals surface area contributed by atoms with E-state index < -0.39 is 0 Å². The number of carbonyl (C=O) groups excluding carboxylic acids is 1. The normalized spacial score (nSPS) is 12.4. The Bertz CT molecular complexity index is 326. The van der Waals surface area contributed by atoms with Gasteiger partial charge in [-0.15, -0.1) is 11.6 Å². The Balaban J connectivity index is 2.63. The number of benzene rings is 1. The monoisotopic (exact) mass is 289 g/mol. The van der Waals surface area contributed by atoms with Crippen LogP contribution < -0.4 is 5.73 Å². The smallest absolute Gasteiger partial charge is 0.176 e. The van der Waals surface area contributed by atoms with Crippen LogP contribution in [0.25, 0.3) is 0 Å². The van der Waals surface area contributed by atoms with Crippen molar-refractivity contribution in [3.05, 3.63) is 29.8 Å². The fraction of sp³-hybridized carbons (Fsp3) is 0.364. The van der Waals surface area contributed by atoms with E-state index in [1.165, 1.54) is 0 Å². The van der Waals surface area contributed by atoms with Gasteiger partial charge >= 0.3 is 0 Å². The SMILES string of the molecule is Nc1ccc(C(=O)C(Br)CCCCl)cc1. The zero-order valence-electron chi connectivity index (χ0n) is 8.25. The lowest BCUT2D eigenvalue weighted by molar-refractivity contribution is 0.0988. The van der Waals surface area contributed by atoms with E-state index >= 15 is 0 Å². The van der Waals surface area contributed by atoms with Crippen LogP contribution in [0.2, 0.25) is 0 Å². The highest BCUT2D eigenvalue weighted by molar-refractivity contribution is 9.10. The van der Waals surface area contributed by atoms with E-state index in [1.54, 1.807) is 24.3 Å². The van der Waals surface area contributed by atoms with Gasteiger partial charge in [-0.1, -0.05) is 15.9 Å². The maximum atomic E-state index is 11.8. The topological polar surface area (TPSA) is 43.1 Å². The molecule has 1 atom stereocenters. The van der Waals surface area contributed by atoms with Gasteiger partial charge in [-0.05, 0) is 37.1 Å². The van der Waals surface area contributed by atoms with Crippen molar-refractivity contribution in [3.63, 3.8) is 0 Å². The maximum Gasteiger partial charge on any atom is 0.176 e. The zero-order valence-corrected chi connectivity index (χ0v) is 10.6. The molecule has 0 fully saturated rings. The van der Waals surface area contributed by atoms with Crippen molar-refractivity contribution in [2.75, 3.05) is 11.6 Å². The molecule has 0 radical (unpaired) electrons. The molecule has 1 rings (SSSR count). The highest BCUT2D eigenvalue weighted by Crippen LogP contribution is 2.16. The first kappa shape index (κ1) is 12.5. The van der Waals surface area contributed by atoms with Gasteiger partial charge in [-0.3, -0.25) is 4.79 Å². The highest BCUT2D eigenvalue weighted by Gasteiger charge is 2.15. The Morgan fingerprint density at radius 1 is 1.40 bits per heavy atom. The summed E-state index contributed by atoms with van der Waals surface area (Å²) < 4.78 is 0. The number of halogens is 2. The number of alkyl halides is 2. The second kappa shape index (κ2) is 6.13. The number of Topliss-reactive ketones (excluding diaryl/α,β-unsaturated/α-hetero) is 1. The fourth-order valence-electron chi connectivity index (χ4n) is 1.22. The molecule has 0 aromatic heterocycles. The van der Waals surface area contributed by atoms with Gasteiger partial charge in [0, 0.05) is 17.1 Å². The Morgan fingerprint density at radius 3 is 2.53 bits per heavy atom. The fourth-order valence-corrected chi connectivity index (χ4v) is 1.96. The molecule has 4 heteroatoms. The Labute approximate surface area is 103 Å². The molecule has 1 unspecified atom stereocenters. The van der Waals surface area contributed by atoms with Gasteiger partial charge in [-0.2, -0.15) is 0 Å². The predicted octanol–water partition coefficient (Wildman–Crippen LogP) is 3.23. The summed E-state index contributed by atoms with van der Waals surface area (Å²) >= 11 is 8.93. The van der Waals surface area contributed by atoms with Gasteiger partial charge < -0.3 is 5.73 Å². The molecular weight excluding hydrogens is 277 g/mol. The molecule has 0 aliphatic rings. The van der Waals surface area contributed by atoms with E-state index in [0.717, 1.165) is 12.8 Å². The lowest BCUT2D eigenvalue weighted by Gasteiger charge is -2.07. The van der Waals surface area contributed by atoms with Crippen molar-refractivity contribution in [1.29, 1.82) is 0 Å². The standard InChI is InChI=1S/C11H13BrClNO/c12-10(2-1-7-13)11(15)8-3-5-9(14)6-4-8/h3-6,10H,1-2,7,14H2. The molecular formula is C11H13BrClNO. The average Bonchev–Trinajstić information content (AvgIpc) is 2.26. The third-order valence-corrected chi connectivity index (χ3v) is 3.21. The van der Waals surface area contributed by atoms with E-state index in [1.807, 2.05) is 0 Å². The summed E-state index contributed by atoms with van der Waals surface area (Å²) in [5.74, 6) is 0.664. The van der Waals surface area contributed by atoms with Gasteiger partial charge in [0.05, 0.1) is 4.83 Å². The number of anilines is 1. The Kier molecular flexibility index (Phi) is 5.12. The Hall–Kier alpha value is -0.540. The molecule has 1 aromatic carbocycles. The Morgan fingerprint density at radius 2 is 2.00 bits per heavy atom. The van der Waals surface area contributed by atoms with Gasteiger partial charge in [0.2, 0.25) is 0 Å². The van der Waals surface area contributed by atoms with Crippen molar-refractivity contribution >= 4 is 39.0 Å². The first-order valence-corrected chi connectivity index (χ1v) is 6.20. The molecule has 0 spiro atoms. The minimum atomic E-state index is -0.153. The van der Waals surface area contributed by atoms with Crippen LogP contribution in [0.3, 0.4) is 0 Å². The number of carbonyl (C=O) groups is 1. The maximum absolute atomic E-state index is 11.8. The summed E-state index contributed by atoms with van der Waals surface area (Å²) in [7, 11) is 0. The molecule has 0 amide bonds. The van der Waals surface area contributed by atoms with E-state index in [9.17, 15) is 4.79 Å². The quantitative estimate of drug-likeness (QED) is 0.514. The van der Waals surface area contributed by atoms with E-state index in [-0.39, 0.29) is 10.6 Å². The molecule has 0 bridgehead atoms.